The van der Waals surface area contributed by atoms with E-state index in [1.165, 1.54) is 16.9 Å². The largest absolute Gasteiger partial charge is 0.396 e. The van der Waals surface area contributed by atoms with Crippen LogP contribution >= 0.6 is 11.3 Å². The van der Waals surface area contributed by atoms with Gasteiger partial charge in [0.1, 0.15) is 0 Å². The minimum Gasteiger partial charge on any atom is -0.396 e. The predicted octanol–water partition coefficient (Wildman–Crippen LogP) is 2.60. The zero-order chi connectivity index (χ0) is 19.2. The van der Waals surface area contributed by atoms with Gasteiger partial charge in [-0.2, -0.15) is 0 Å². The van der Waals surface area contributed by atoms with E-state index in [-0.39, 0.29) is 24.5 Å². The van der Waals surface area contributed by atoms with E-state index in [0.29, 0.717) is 44.0 Å². The highest BCUT2D eigenvalue weighted by Crippen LogP contribution is 2.27. The molecule has 1 aliphatic heterocycles. The van der Waals surface area contributed by atoms with Crippen LogP contribution in [0.4, 0.5) is 9.93 Å². The third-order valence-electron chi connectivity index (χ3n) is 4.86. The third-order valence-corrected chi connectivity index (χ3v) is 5.80. The van der Waals surface area contributed by atoms with Gasteiger partial charge >= 0.3 is 6.03 Å². The number of fused-ring (bicyclic) bond motifs is 1. The number of carbonyl (C=O) groups excluding carboxylic acids is 2. The smallest absolute Gasteiger partial charge is 0.323 e. The van der Waals surface area contributed by atoms with Crippen LogP contribution in [0.1, 0.15) is 31.7 Å². The molecule has 146 valence electrons. The summed E-state index contributed by atoms with van der Waals surface area (Å²) >= 11 is 1.48. The molecule has 3 amide bonds. The summed E-state index contributed by atoms with van der Waals surface area (Å²) < 4.78 is 1.07. The molecule has 0 radical (unpaired) electrons. The van der Waals surface area contributed by atoms with Crippen LogP contribution in [0.5, 0.6) is 0 Å². The van der Waals surface area contributed by atoms with Crippen molar-refractivity contribution in [1.29, 1.82) is 0 Å². The molecule has 1 fully saturated rings. The molecule has 1 aromatic carbocycles. The first-order valence-electron chi connectivity index (χ1n) is 9.44. The molecule has 2 heterocycles. The van der Waals surface area contributed by atoms with Gasteiger partial charge in [-0.15, -0.1) is 0 Å². The fraction of sp³-hybridized carbons (Fsp3) is 0.526. The van der Waals surface area contributed by atoms with E-state index >= 15 is 0 Å². The number of hydrogen-bond donors (Lipinski definition) is 3. The number of benzene rings is 1. The Morgan fingerprint density at radius 1 is 1.33 bits per heavy atom. The second-order valence-corrected chi connectivity index (χ2v) is 7.76. The maximum atomic E-state index is 12.5. The normalized spacial score (nSPS) is 15.1. The molecule has 1 saturated heterocycles. The first-order chi connectivity index (χ1) is 13.1. The molecule has 1 aromatic heterocycles. The summed E-state index contributed by atoms with van der Waals surface area (Å²) in [5, 5.41) is 15.1. The number of nitrogens with zero attached hydrogens (tertiary/aromatic N) is 2. The van der Waals surface area contributed by atoms with Crippen LogP contribution in [0.2, 0.25) is 0 Å². The summed E-state index contributed by atoms with van der Waals surface area (Å²) in [4.78, 5) is 30.8. The summed E-state index contributed by atoms with van der Waals surface area (Å²) in [7, 11) is 0. The number of thiazole rings is 1. The average molecular weight is 391 g/mol. The van der Waals surface area contributed by atoms with E-state index < -0.39 is 0 Å². The molecule has 3 N–H and O–H groups in total. The third kappa shape index (κ3) is 4.95. The molecular formula is C19H26N4O3S. The van der Waals surface area contributed by atoms with Crippen LogP contribution in [-0.2, 0) is 11.2 Å². The minimum absolute atomic E-state index is 0.0152. The van der Waals surface area contributed by atoms with Gasteiger partial charge in [-0.3, -0.25) is 10.1 Å². The van der Waals surface area contributed by atoms with Crippen molar-refractivity contribution in [3.8, 4) is 0 Å². The van der Waals surface area contributed by atoms with Gasteiger partial charge in [0.05, 0.1) is 10.2 Å². The monoisotopic (exact) mass is 390 g/mol. The van der Waals surface area contributed by atoms with Crippen molar-refractivity contribution in [2.75, 3.05) is 31.6 Å². The number of rotatable bonds is 6. The van der Waals surface area contributed by atoms with Crippen LogP contribution in [0.25, 0.3) is 10.2 Å². The summed E-state index contributed by atoms with van der Waals surface area (Å²) in [6.07, 6.45) is 2.84. The number of aliphatic hydroxyl groups is 1. The Labute approximate surface area is 162 Å². The number of urea groups is 1. The highest BCUT2D eigenvalue weighted by molar-refractivity contribution is 7.22. The maximum absolute atomic E-state index is 12.5. The van der Waals surface area contributed by atoms with E-state index in [9.17, 15) is 9.59 Å². The lowest BCUT2D eigenvalue weighted by molar-refractivity contribution is -0.126. The predicted molar refractivity (Wildman–Crippen MR) is 107 cm³/mol. The van der Waals surface area contributed by atoms with Crippen molar-refractivity contribution in [2.45, 2.75) is 32.6 Å². The van der Waals surface area contributed by atoms with Crippen molar-refractivity contribution < 1.29 is 14.7 Å². The Morgan fingerprint density at radius 3 is 2.81 bits per heavy atom. The molecule has 8 heteroatoms. The van der Waals surface area contributed by atoms with E-state index in [1.807, 2.05) is 6.07 Å². The van der Waals surface area contributed by atoms with Crippen molar-refractivity contribution in [3.05, 3.63) is 23.8 Å². The zero-order valence-corrected chi connectivity index (χ0v) is 16.3. The van der Waals surface area contributed by atoms with Gasteiger partial charge in [0, 0.05) is 32.2 Å². The standard InChI is InChI=1S/C19H26N4O3S/c1-2-13-4-5-15-16(12-13)27-18(21-15)22-19(26)23-9-6-14(7-10-23)17(25)20-8-3-11-24/h4-5,12,14,24H,2-3,6-11H2,1H3,(H,20,25)(H,21,22,26). The van der Waals surface area contributed by atoms with E-state index in [0.717, 1.165) is 16.6 Å². The Balaban J connectivity index is 1.51. The lowest BCUT2D eigenvalue weighted by atomic mass is 9.96. The molecule has 0 atom stereocenters. The molecule has 0 saturated carbocycles. The van der Waals surface area contributed by atoms with Crippen molar-refractivity contribution in [2.24, 2.45) is 5.92 Å². The summed E-state index contributed by atoms with van der Waals surface area (Å²) in [6, 6.07) is 6.00. The fourth-order valence-electron chi connectivity index (χ4n) is 3.19. The molecule has 0 unspecified atom stereocenters. The highest BCUT2D eigenvalue weighted by Gasteiger charge is 2.27. The number of carbonyl (C=O) groups is 2. The van der Waals surface area contributed by atoms with Gasteiger partial charge in [0.15, 0.2) is 5.13 Å². The second-order valence-electron chi connectivity index (χ2n) is 6.73. The fourth-order valence-corrected chi connectivity index (χ4v) is 4.11. The van der Waals surface area contributed by atoms with E-state index in [2.05, 4.69) is 34.7 Å². The summed E-state index contributed by atoms with van der Waals surface area (Å²) in [5.41, 5.74) is 2.15. The number of likely N-dealkylation sites (tertiary alicyclic amines) is 1. The van der Waals surface area contributed by atoms with E-state index in [4.69, 9.17) is 5.11 Å². The van der Waals surface area contributed by atoms with E-state index in [1.54, 1.807) is 4.90 Å². The van der Waals surface area contributed by atoms with Crippen LogP contribution in [0.3, 0.4) is 0 Å². The van der Waals surface area contributed by atoms with Gasteiger partial charge in [-0.25, -0.2) is 9.78 Å². The number of piperidine rings is 1. The second kappa shape index (κ2) is 9.14. The zero-order valence-electron chi connectivity index (χ0n) is 15.5. The molecule has 7 nitrogen and oxygen atoms in total. The van der Waals surface area contributed by atoms with Gasteiger partial charge in [-0.05, 0) is 43.4 Å². The Bertz CT molecular complexity index is 799. The van der Waals surface area contributed by atoms with Crippen LogP contribution in [0, 0.1) is 5.92 Å². The topological polar surface area (TPSA) is 94.6 Å². The van der Waals surface area contributed by atoms with Crippen LogP contribution in [-0.4, -0.2) is 53.2 Å². The van der Waals surface area contributed by atoms with Gasteiger partial charge in [0.2, 0.25) is 5.91 Å². The molecule has 1 aliphatic rings. The lowest BCUT2D eigenvalue weighted by Gasteiger charge is -2.31. The van der Waals surface area contributed by atoms with Gasteiger partial charge in [0.25, 0.3) is 0 Å². The Kier molecular flexibility index (Phi) is 6.63. The maximum Gasteiger partial charge on any atom is 0.323 e. The summed E-state index contributed by atoms with van der Waals surface area (Å²) in [5.74, 6) is -0.0518. The molecule has 0 aliphatic carbocycles. The average Bonchev–Trinajstić information content (AvgIpc) is 3.09. The highest BCUT2D eigenvalue weighted by atomic mass is 32.1. The molecule has 0 bridgehead atoms. The number of aliphatic hydroxyl groups excluding tert-OH is 1. The molecule has 2 aromatic rings. The molecule has 27 heavy (non-hydrogen) atoms. The number of anilines is 1. The number of amides is 3. The first kappa shape index (κ1) is 19.6. The molecular weight excluding hydrogens is 364 g/mol. The first-order valence-corrected chi connectivity index (χ1v) is 10.3. The Hall–Kier alpha value is -2.19. The quantitative estimate of drug-likeness (QED) is 0.661. The van der Waals surface area contributed by atoms with Crippen LogP contribution < -0.4 is 10.6 Å². The van der Waals surface area contributed by atoms with Crippen LogP contribution in [0.15, 0.2) is 18.2 Å². The number of aromatic nitrogens is 1. The molecule has 0 spiro atoms. The van der Waals surface area contributed by atoms with Gasteiger partial charge in [-0.1, -0.05) is 24.3 Å². The van der Waals surface area contributed by atoms with Crippen molar-refractivity contribution in [1.82, 2.24) is 15.2 Å². The van der Waals surface area contributed by atoms with Crippen molar-refractivity contribution in [3.63, 3.8) is 0 Å². The SMILES string of the molecule is CCc1ccc2nc(NC(=O)N3CCC(C(=O)NCCCO)CC3)sc2c1. The van der Waals surface area contributed by atoms with Crippen molar-refractivity contribution >= 4 is 38.6 Å². The number of hydrogen-bond acceptors (Lipinski definition) is 5. The lowest BCUT2D eigenvalue weighted by Crippen LogP contribution is -2.44. The number of aryl methyl sites for hydroxylation is 1. The Morgan fingerprint density at radius 2 is 2.11 bits per heavy atom. The number of nitrogens with one attached hydrogen (secondary N) is 2. The minimum atomic E-state index is -0.163. The molecule has 3 rings (SSSR count). The summed E-state index contributed by atoms with van der Waals surface area (Å²) in [6.45, 7) is 3.78. The van der Waals surface area contributed by atoms with Gasteiger partial charge < -0.3 is 15.3 Å².